The number of alkyl halides is 1. The maximum Gasteiger partial charge on any atom is 0.240 e. The van der Waals surface area contributed by atoms with Crippen LogP contribution in [0.4, 0.5) is 0 Å². The van der Waals surface area contributed by atoms with E-state index in [1.54, 1.807) is 11.8 Å². The fourth-order valence-electron chi connectivity index (χ4n) is 2.13. The molecule has 1 aliphatic heterocycles. The molecule has 0 unspecified atom stereocenters. The molecule has 0 aromatic rings. The predicted octanol–water partition coefficient (Wildman–Crippen LogP) is 1.62. The maximum atomic E-state index is 11.7. The van der Waals surface area contributed by atoms with E-state index in [1.165, 1.54) is 0 Å². The molecule has 0 aromatic carbocycles. The van der Waals surface area contributed by atoms with Crippen molar-refractivity contribution >= 4 is 17.5 Å². The van der Waals surface area contributed by atoms with E-state index in [-0.39, 0.29) is 17.9 Å². The Morgan fingerprint density at radius 3 is 2.87 bits per heavy atom. The zero-order valence-corrected chi connectivity index (χ0v) is 10.2. The summed E-state index contributed by atoms with van der Waals surface area (Å²) in [6.07, 6.45) is 2.45. The van der Waals surface area contributed by atoms with Gasteiger partial charge in [-0.3, -0.25) is 4.79 Å². The Kier molecular flexibility index (Phi) is 4.87. The second kappa shape index (κ2) is 5.71. The van der Waals surface area contributed by atoms with Crippen molar-refractivity contribution in [3.8, 4) is 0 Å². The zero-order chi connectivity index (χ0) is 11.4. The summed E-state index contributed by atoms with van der Waals surface area (Å²) in [6, 6.07) is 0. The first-order valence-corrected chi connectivity index (χ1v) is 6.10. The fraction of sp³-hybridized carbons (Fsp3) is 0.909. The van der Waals surface area contributed by atoms with Gasteiger partial charge in [-0.2, -0.15) is 0 Å². The molecule has 4 heteroatoms. The van der Waals surface area contributed by atoms with Crippen LogP contribution in [0.15, 0.2) is 0 Å². The number of rotatable bonds is 3. The van der Waals surface area contributed by atoms with Gasteiger partial charge in [-0.15, -0.1) is 11.6 Å². The average Bonchev–Trinajstić information content (AvgIpc) is 2.20. The van der Waals surface area contributed by atoms with Gasteiger partial charge in [0.15, 0.2) is 0 Å². The van der Waals surface area contributed by atoms with Crippen LogP contribution in [0.5, 0.6) is 0 Å². The number of carbonyl (C=O) groups is 1. The Hall–Kier alpha value is -0.280. The van der Waals surface area contributed by atoms with E-state index in [9.17, 15) is 9.90 Å². The van der Waals surface area contributed by atoms with Gasteiger partial charge < -0.3 is 10.0 Å². The fourth-order valence-corrected chi connectivity index (χ4v) is 2.26. The number of likely N-dealkylation sites (tertiary alicyclic amines) is 1. The summed E-state index contributed by atoms with van der Waals surface area (Å²) in [5, 5.41) is 9.31. The number of aliphatic hydroxyl groups is 1. The molecule has 15 heavy (non-hydrogen) atoms. The van der Waals surface area contributed by atoms with E-state index in [1.807, 2.05) is 0 Å². The summed E-state index contributed by atoms with van der Waals surface area (Å²) in [5.74, 6) is 0.216. The number of hydrogen-bond donors (Lipinski definition) is 1. The van der Waals surface area contributed by atoms with Crippen molar-refractivity contribution < 1.29 is 9.90 Å². The second-order valence-corrected chi connectivity index (χ2v) is 4.96. The Morgan fingerprint density at radius 2 is 2.33 bits per heavy atom. The van der Waals surface area contributed by atoms with E-state index >= 15 is 0 Å². The first kappa shape index (κ1) is 12.8. The monoisotopic (exact) mass is 233 g/mol. The van der Waals surface area contributed by atoms with Crippen molar-refractivity contribution in [3.63, 3.8) is 0 Å². The highest BCUT2D eigenvalue weighted by Gasteiger charge is 2.30. The minimum Gasteiger partial charge on any atom is -0.393 e. The van der Waals surface area contributed by atoms with Gasteiger partial charge in [0.2, 0.25) is 5.91 Å². The van der Waals surface area contributed by atoms with Gasteiger partial charge in [-0.1, -0.05) is 13.3 Å². The van der Waals surface area contributed by atoms with E-state index in [0.717, 1.165) is 12.8 Å². The normalized spacial score (nSPS) is 28.9. The standard InChI is InChI=1S/C11H20ClNO2/c1-3-4-9-7-13(6-5-10(9)14)11(15)8(2)12/h8-10,14H,3-7H2,1-2H3/t8-,9+,10+/m0/s1. The molecule has 0 aliphatic carbocycles. The Morgan fingerprint density at radius 1 is 1.67 bits per heavy atom. The molecule has 1 N–H and O–H groups in total. The summed E-state index contributed by atoms with van der Waals surface area (Å²) in [5.41, 5.74) is 0. The molecular formula is C11H20ClNO2. The van der Waals surface area contributed by atoms with Gasteiger partial charge >= 0.3 is 0 Å². The van der Waals surface area contributed by atoms with Crippen LogP contribution in [0.1, 0.15) is 33.1 Å². The third kappa shape index (κ3) is 3.35. The van der Waals surface area contributed by atoms with Gasteiger partial charge in [0, 0.05) is 19.0 Å². The topological polar surface area (TPSA) is 40.5 Å². The van der Waals surface area contributed by atoms with E-state index in [4.69, 9.17) is 11.6 Å². The molecule has 0 saturated carbocycles. The summed E-state index contributed by atoms with van der Waals surface area (Å²) < 4.78 is 0. The highest BCUT2D eigenvalue weighted by atomic mass is 35.5. The lowest BCUT2D eigenvalue weighted by atomic mass is 9.90. The molecule has 1 aliphatic rings. The highest BCUT2D eigenvalue weighted by Crippen LogP contribution is 2.22. The van der Waals surface area contributed by atoms with Crippen molar-refractivity contribution in [2.75, 3.05) is 13.1 Å². The Labute approximate surface area is 96.4 Å². The van der Waals surface area contributed by atoms with Crippen LogP contribution in [-0.4, -0.2) is 40.5 Å². The first-order chi connectivity index (χ1) is 7.06. The molecule has 3 nitrogen and oxygen atoms in total. The number of nitrogens with zero attached hydrogens (tertiary/aromatic N) is 1. The summed E-state index contributed by atoms with van der Waals surface area (Å²) in [7, 11) is 0. The number of hydrogen-bond acceptors (Lipinski definition) is 2. The van der Waals surface area contributed by atoms with Gasteiger partial charge in [0.25, 0.3) is 0 Å². The van der Waals surface area contributed by atoms with Crippen molar-refractivity contribution in [1.82, 2.24) is 4.90 Å². The third-order valence-electron chi connectivity index (χ3n) is 3.01. The van der Waals surface area contributed by atoms with Gasteiger partial charge in [-0.05, 0) is 19.8 Å². The van der Waals surface area contributed by atoms with E-state index < -0.39 is 5.38 Å². The molecule has 3 atom stereocenters. The predicted molar refractivity (Wildman–Crippen MR) is 60.9 cm³/mol. The molecule has 88 valence electrons. The smallest absolute Gasteiger partial charge is 0.240 e. The van der Waals surface area contributed by atoms with Gasteiger partial charge in [0.05, 0.1) is 6.10 Å². The van der Waals surface area contributed by atoms with Crippen LogP contribution in [0.2, 0.25) is 0 Å². The first-order valence-electron chi connectivity index (χ1n) is 5.67. The van der Waals surface area contributed by atoms with Crippen LogP contribution >= 0.6 is 11.6 Å². The molecule has 1 fully saturated rings. The minimum atomic E-state index is -0.456. The largest absolute Gasteiger partial charge is 0.393 e. The molecule has 1 saturated heterocycles. The van der Waals surface area contributed by atoms with Crippen LogP contribution in [0.25, 0.3) is 0 Å². The maximum absolute atomic E-state index is 11.7. The second-order valence-electron chi connectivity index (χ2n) is 4.31. The zero-order valence-electron chi connectivity index (χ0n) is 9.45. The lowest BCUT2D eigenvalue weighted by Gasteiger charge is -2.36. The van der Waals surface area contributed by atoms with Crippen molar-refractivity contribution in [2.45, 2.75) is 44.6 Å². The van der Waals surface area contributed by atoms with Crippen molar-refractivity contribution in [3.05, 3.63) is 0 Å². The molecule has 1 amide bonds. The van der Waals surface area contributed by atoms with E-state index in [2.05, 4.69) is 6.92 Å². The van der Waals surface area contributed by atoms with E-state index in [0.29, 0.717) is 19.5 Å². The van der Waals surface area contributed by atoms with Crippen LogP contribution < -0.4 is 0 Å². The molecule has 0 bridgehead atoms. The van der Waals surface area contributed by atoms with Crippen molar-refractivity contribution in [2.24, 2.45) is 5.92 Å². The number of aliphatic hydroxyl groups excluding tert-OH is 1. The lowest BCUT2D eigenvalue weighted by Crippen LogP contribution is -2.47. The number of halogens is 1. The average molecular weight is 234 g/mol. The van der Waals surface area contributed by atoms with Crippen LogP contribution in [0.3, 0.4) is 0 Å². The van der Waals surface area contributed by atoms with Crippen molar-refractivity contribution in [1.29, 1.82) is 0 Å². The Bertz CT molecular complexity index is 221. The van der Waals surface area contributed by atoms with Crippen LogP contribution in [0, 0.1) is 5.92 Å². The number of amides is 1. The quantitative estimate of drug-likeness (QED) is 0.753. The molecule has 0 spiro atoms. The number of carbonyl (C=O) groups excluding carboxylic acids is 1. The molecule has 0 aromatic heterocycles. The lowest BCUT2D eigenvalue weighted by molar-refractivity contribution is -0.134. The summed E-state index contributed by atoms with van der Waals surface area (Å²) in [6.45, 7) is 5.09. The SMILES string of the molecule is CCC[C@@H]1CN(C(=O)[C@H](C)Cl)CC[C@H]1O. The van der Waals surface area contributed by atoms with Gasteiger partial charge in [-0.25, -0.2) is 0 Å². The summed E-state index contributed by atoms with van der Waals surface area (Å²) >= 11 is 5.77. The Balaban J connectivity index is 2.53. The van der Waals surface area contributed by atoms with Crippen LogP contribution in [-0.2, 0) is 4.79 Å². The summed E-state index contributed by atoms with van der Waals surface area (Å²) in [4.78, 5) is 13.4. The number of piperidine rings is 1. The third-order valence-corrected chi connectivity index (χ3v) is 3.19. The molecule has 1 heterocycles. The molecule has 1 rings (SSSR count). The molecule has 0 radical (unpaired) electrons. The minimum absolute atomic E-state index is 0.00957. The molecular weight excluding hydrogens is 214 g/mol. The van der Waals surface area contributed by atoms with Gasteiger partial charge in [0.1, 0.15) is 5.38 Å². The highest BCUT2D eigenvalue weighted by molar-refractivity contribution is 6.30.